The fourth-order valence-electron chi connectivity index (χ4n) is 7.60. The van der Waals surface area contributed by atoms with Crippen molar-refractivity contribution >= 4 is 11.6 Å². The van der Waals surface area contributed by atoms with Crippen molar-refractivity contribution in [3.8, 4) is 0 Å². The lowest BCUT2D eigenvalue weighted by Crippen LogP contribution is -2.67. The first-order chi connectivity index (χ1) is 11.8. The predicted octanol–water partition coefficient (Wildman–Crippen LogP) is 2.83. The summed E-state index contributed by atoms with van der Waals surface area (Å²) in [5.74, 6) is 1.61. The molecule has 1 heterocycles. The molecule has 0 amide bonds. The number of carbonyl (C=O) groups excluding carboxylic acids is 2. The molecule has 1 N–H and O–H groups in total. The number of rotatable bonds is 0. The Bertz CT molecular complexity index is 696. The Kier molecular flexibility index (Phi) is 3.13. The SMILES string of the molecule is CC12CCC(=O)CC1=CCC1C2C(O)CC2(C)C1CCC21OCC1=O. The number of fused-ring (bicyclic) bond motifs is 6. The quantitative estimate of drug-likeness (QED) is 0.686. The van der Waals surface area contributed by atoms with Gasteiger partial charge in [-0.25, -0.2) is 0 Å². The van der Waals surface area contributed by atoms with E-state index in [2.05, 4.69) is 19.9 Å². The average molecular weight is 344 g/mol. The number of ether oxygens (including phenoxy) is 1. The lowest BCUT2D eigenvalue weighted by atomic mass is 9.45. The van der Waals surface area contributed by atoms with Gasteiger partial charge in [0, 0.05) is 18.3 Å². The van der Waals surface area contributed by atoms with Gasteiger partial charge in [0.05, 0.1) is 6.10 Å². The van der Waals surface area contributed by atoms with Crippen molar-refractivity contribution in [1.82, 2.24) is 0 Å². The summed E-state index contributed by atoms with van der Waals surface area (Å²) in [5, 5.41) is 11.2. The molecule has 5 aliphatic rings. The average Bonchev–Trinajstić information content (AvgIpc) is 2.88. The molecule has 0 aromatic carbocycles. The number of aliphatic hydroxyl groups excluding tert-OH is 1. The lowest BCUT2D eigenvalue weighted by Gasteiger charge is -2.61. The second kappa shape index (κ2) is 4.83. The molecular formula is C21H28O4. The maximum absolute atomic E-state index is 12.5. The molecule has 5 rings (SSSR count). The fraction of sp³-hybridized carbons (Fsp3) is 0.810. The normalized spacial score (nSPS) is 54.4. The summed E-state index contributed by atoms with van der Waals surface area (Å²) in [6, 6.07) is 0. The van der Waals surface area contributed by atoms with Gasteiger partial charge in [0.25, 0.3) is 0 Å². The molecular weight excluding hydrogens is 316 g/mol. The van der Waals surface area contributed by atoms with Crippen LogP contribution in [0.5, 0.6) is 0 Å². The highest BCUT2D eigenvalue weighted by Gasteiger charge is 2.71. The van der Waals surface area contributed by atoms with Crippen LogP contribution in [0.25, 0.3) is 0 Å². The van der Waals surface area contributed by atoms with Crippen LogP contribution >= 0.6 is 0 Å². The van der Waals surface area contributed by atoms with E-state index in [0.29, 0.717) is 36.9 Å². The van der Waals surface area contributed by atoms with Crippen molar-refractivity contribution < 1.29 is 19.4 Å². The summed E-state index contributed by atoms with van der Waals surface area (Å²) < 4.78 is 5.92. The van der Waals surface area contributed by atoms with Crippen molar-refractivity contribution in [3.63, 3.8) is 0 Å². The second-order valence-corrected chi connectivity index (χ2v) is 9.66. The molecule has 0 bridgehead atoms. The summed E-state index contributed by atoms with van der Waals surface area (Å²) >= 11 is 0. The van der Waals surface area contributed by atoms with E-state index in [4.69, 9.17) is 4.74 Å². The van der Waals surface area contributed by atoms with Gasteiger partial charge in [-0.1, -0.05) is 25.5 Å². The topological polar surface area (TPSA) is 63.6 Å². The maximum Gasteiger partial charge on any atom is 0.190 e. The summed E-state index contributed by atoms with van der Waals surface area (Å²) in [5.41, 5.74) is 0.334. The van der Waals surface area contributed by atoms with Crippen molar-refractivity contribution in [2.75, 3.05) is 6.61 Å². The van der Waals surface area contributed by atoms with Gasteiger partial charge in [-0.3, -0.25) is 9.59 Å². The van der Waals surface area contributed by atoms with Crippen molar-refractivity contribution in [1.29, 1.82) is 0 Å². The number of ketones is 2. The van der Waals surface area contributed by atoms with E-state index in [-0.39, 0.29) is 29.1 Å². The van der Waals surface area contributed by atoms with Crippen molar-refractivity contribution in [2.45, 2.75) is 70.5 Å². The summed E-state index contributed by atoms with van der Waals surface area (Å²) in [7, 11) is 0. The third kappa shape index (κ3) is 1.76. The summed E-state index contributed by atoms with van der Waals surface area (Å²) in [6.07, 6.45) is 7.37. The van der Waals surface area contributed by atoms with Crippen LogP contribution in [0.3, 0.4) is 0 Å². The molecule has 4 aliphatic carbocycles. The number of carbonyl (C=O) groups is 2. The third-order valence-electron chi connectivity index (χ3n) is 8.89. The second-order valence-electron chi connectivity index (χ2n) is 9.66. The Hall–Kier alpha value is -1.00. The number of hydrogen-bond donors (Lipinski definition) is 1. The highest BCUT2D eigenvalue weighted by Crippen LogP contribution is 2.68. The molecule has 3 saturated carbocycles. The van der Waals surface area contributed by atoms with Crippen LogP contribution in [-0.2, 0) is 14.3 Å². The third-order valence-corrected chi connectivity index (χ3v) is 8.89. The zero-order chi connectivity index (χ0) is 17.6. The maximum atomic E-state index is 12.5. The predicted molar refractivity (Wildman–Crippen MR) is 91.8 cm³/mol. The molecule has 1 aliphatic heterocycles. The molecule has 7 unspecified atom stereocenters. The number of hydrogen-bond acceptors (Lipinski definition) is 4. The van der Waals surface area contributed by atoms with Crippen LogP contribution in [0, 0.1) is 28.6 Å². The van der Waals surface area contributed by atoms with Crippen LogP contribution in [0.2, 0.25) is 0 Å². The van der Waals surface area contributed by atoms with Crippen LogP contribution in [0.15, 0.2) is 11.6 Å². The Labute approximate surface area is 149 Å². The molecule has 4 heteroatoms. The smallest absolute Gasteiger partial charge is 0.190 e. The van der Waals surface area contributed by atoms with Crippen molar-refractivity contribution in [2.24, 2.45) is 28.6 Å². The van der Waals surface area contributed by atoms with Gasteiger partial charge < -0.3 is 9.84 Å². The van der Waals surface area contributed by atoms with Crippen LogP contribution in [0.1, 0.15) is 58.8 Å². The molecule has 1 spiro atoms. The largest absolute Gasteiger partial charge is 0.393 e. The first-order valence-corrected chi connectivity index (χ1v) is 9.88. The van der Waals surface area contributed by atoms with Crippen LogP contribution in [0.4, 0.5) is 0 Å². The van der Waals surface area contributed by atoms with E-state index >= 15 is 0 Å². The minimum absolute atomic E-state index is 0.0577. The van der Waals surface area contributed by atoms with E-state index in [9.17, 15) is 14.7 Å². The van der Waals surface area contributed by atoms with E-state index < -0.39 is 11.7 Å². The van der Waals surface area contributed by atoms with Crippen LogP contribution in [-0.4, -0.2) is 35.0 Å². The Morgan fingerprint density at radius 2 is 2.04 bits per heavy atom. The standard InChI is InChI=1S/C21H28O4/c1-19-7-5-13(22)9-12(19)3-4-14-15-6-8-21(17(24)11-25-21)20(15,2)10-16(23)18(14)19/h3,14-16,18,23H,4-11H2,1-2H3. The van der Waals surface area contributed by atoms with Crippen molar-refractivity contribution in [3.05, 3.63) is 11.6 Å². The molecule has 0 aromatic rings. The van der Waals surface area contributed by atoms with E-state index in [1.54, 1.807) is 0 Å². The van der Waals surface area contributed by atoms with Gasteiger partial charge in [-0.05, 0) is 55.3 Å². The number of Topliss-reactive ketones (excluding diaryl/α,β-unsaturated/α-hetero) is 2. The first kappa shape index (κ1) is 16.2. The lowest BCUT2D eigenvalue weighted by molar-refractivity contribution is -0.224. The summed E-state index contributed by atoms with van der Waals surface area (Å²) in [6.45, 7) is 4.70. The van der Waals surface area contributed by atoms with E-state index in [0.717, 1.165) is 25.7 Å². The highest BCUT2D eigenvalue weighted by molar-refractivity contribution is 5.94. The molecule has 1 saturated heterocycles. The Balaban J connectivity index is 1.56. The van der Waals surface area contributed by atoms with E-state index in [1.165, 1.54) is 5.57 Å². The van der Waals surface area contributed by atoms with Crippen LogP contribution < -0.4 is 0 Å². The minimum atomic E-state index is -0.628. The number of aliphatic hydroxyl groups is 1. The van der Waals surface area contributed by atoms with Gasteiger partial charge in [0.2, 0.25) is 0 Å². The molecule has 7 atom stereocenters. The minimum Gasteiger partial charge on any atom is -0.393 e. The first-order valence-electron chi connectivity index (χ1n) is 9.88. The Morgan fingerprint density at radius 3 is 2.72 bits per heavy atom. The molecule has 0 aromatic heterocycles. The molecule has 4 nitrogen and oxygen atoms in total. The van der Waals surface area contributed by atoms with Gasteiger partial charge in [0.1, 0.15) is 18.0 Å². The molecule has 4 fully saturated rings. The van der Waals surface area contributed by atoms with Gasteiger partial charge in [0.15, 0.2) is 5.78 Å². The fourth-order valence-corrected chi connectivity index (χ4v) is 7.60. The molecule has 0 radical (unpaired) electrons. The molecule has 136 valence electrons. The van der Waals surface area contributed by atoms with Gasteiger partial charge in [-0.2, -0.15) is 0 Å². The monoisotopic (exact) mass is 344 g/mol. The van der Waals surface area contributed by atoms with E-state index in [1.807, 2.05) is 0 Å². The van der Waals surface area contributed by atoms with Gasteiger partial charge in [-0.15, -0.1) is 0 Å². The van der Waals surface area contributed by atoms with Gasteiger partial charge >= 0.3 is 0 Å². The zero-order valence-corrected chi connectivity index (χ0v) is 15.2. The Morgan fingerprint density at radius 1 is 1.24 bits per heavy atom. The number of allylic oxidation sites excluding steroid dienone is 2. The highest BCUT2D eigenvalue weighted by atomic mass is 16.5. The zero-order valence-electron chi connectivity index (χ0n) is 15.2. The molecule has 25 heavy (non-hydrogen) atoms. The summed E-state index contributed by atoms with van der Waals surface area (Å²) in [4.78, 5) is 24.4.